The molecule has 1 heterocycles. The first-order valence-corrected chi connectivity index (χ1v) is 5.75. The second kappa shape index (κ2) is 3.23. The lowest BCUT2D eigenvalue weighted by Crippen LogP contribution is -2.42. The van der Waals surface area contributed by atoms with Crippen LogP contribution in [0, 0.1) is 0 Å². The second-order valence-corrected chi connectivity index (χ2v) is 5.09. The van der Waals surface area contributed by atoms with Crippen molar-refractivity contribution in [3.8, 4) is 0 Å². The van der Waals surface area contributed by atoms with Gasteiger partial charge in [-0.15, -0.1) is 0 Å². The number of hydrogen-bond donors (Lipinski definition) is 0. The van der Waals surface area contributed by atoms with E-state index in [9.17, 15) is 4.21 Å². The minimum Gasteiger partial charge on any atom is -0.376 e. The highest BCUT2D eigenvalue weighted by Crippen LogP contribution is 2.27. The van der Waals surface area contributed by atoms with Gasteiger partial charge in [-0.1, -0.05) is 12.8 Å². The van der Waals surface area contributed by atoms with E-state index in [1.54, 1.807) is 0 Å². The van der Waals surface area contributed by atoms with Crippen molar-refractivity contribution in [1.29, 1.82) is 0 Å². The summed E-state index contributed by atoms with van der Waals surface area (Å²) >= 11 is 0. The van der Waals surface area contributed by atoms with Crippen molar-refractivity contribution < 1.29 is 8.95 Å². The van der Waals surface area contributed by atoms with Crippen LogP contribution in [-0.2, 0) is 15.5 Å². The zero-order valence-electron chi connectivity index (χ0n) is 6.62. The fourth-order valence-corrected chi connectivity index (χ4v) is 3.53. The van der Waals surface area contributed by atoms with E-state index >= 15 is 0 Å². The highest BCUT2D eigenvalue weighted by molar-refractivity contribution is 7.85. The number of ether oxygens (including phenoxy) is 1. The van der Waals surface area contributed by atoms with Crippen molar-refractivity contribution in [3.63, 3.8) is 0 Å². The van der Waals surface area contributed by atoms with Crippen LogP contribution in [0.3, 0.4) is 0 Å². The van der Waals surface area contributed by atoms with E-state index in [0.717, 1.165) is 18.6 Å². The van der Waals surface area contributed by atoms with Gasteiger partial charge in [-0.25, -0.2) is 0 Å². The maximum absolute atomic E-state index is 11.5. The third-order valence-corrected chi connectivity index (χ3v) is 4.38. The normalized spacial score (nSPS) is 44.9. The number of hydrogen-bond acceptors (Lipinski definition) is 2. The molecule has 0 aromatic rings. The van der Waals surface area contributed by atoms with E-state index in [1.165, 1.54) is 12.8 Å². The maximum Gasteiger partial charge on any atom is 0.0718 e. The van der Waals surface area contributed by atoms with Crippen molar-refractivity contribution in [3.05, 3.63) is 0 Å². The van der Waals surface area contributed by atoms with Crippen molar-refractivity contribution in [2.75, 3.05) is 12.4 Å². The molecule has 3 atom stereocenters. The third-order valence-electron chi connectivity index (χ3n) is 2.60. The first-order chi connectivity index (χ1) is 5.38. The Morgan fingerprint density at radius 3 is 2.91 bits per heavy atom. The summed E-state index contributed by atoms with van der Waals surface area (Å²) < 4.78 is 17.0. The molecular formula is C8H14O2S. The molecule has 1 aliphatic heterocycles. The highest BCUT2D eigenvalue weighted by atomic mass is 32.2. The van der Waals surface area contributed by atoms with E-state index in [0.29, 0.717) is 18.0 Å². The molecule has 0 aromatic carbocycles. The lowest BCUT2D eigenvalue weighted by molar-refractivity contribution is 0.0336. The summed E-state index contributed by atoms with van der Waals surface area (Å²) in [5, 5.41) is 0.373. The zero-order valence-corrected chi connectivity index (χ0v) is 7.44. The van der Waals surface area contributed by atoms with Crippen LogP contribution in [0.2, 0.25) is 0 Å². The molecule has 0 spiro atoms. The van der Waals surface area contributed by atoms with Gasteiger partial charge in [-0.05, 0) is 12.8 Å². The Hall–Kier alpha value is 0.110. The van der Waals surface area contributed by atoms with Crippen molar-refractivity contribution >= 4 is 10.8 Å². The third kappa shape index (κ3) is 1.49. The molecular weight excluding hydrogens is 160 g/mol. The zero-order chi connectivity index (χ0) is 7.68. The molecule has 0 N–H and O–H groups in total. The summed E-state index contributed by atoms with van der Waals surface area (Å²) in [5.41, 5.74) is 0. The molecule has 64 valence electrons. The highest BCUT2D eigenvalue weighted by Gasteiger charge is 2.33. The van der Waals surface area contributed by atoms with Gasteiger partial charge in [-0.3, -0.25) is 4.21 Å². The molecule has 0 amide bonds. The largest absolute Gasteiger partial charge is 0.376 e. The van der Waals surface area contributed by atoms with E-state index < -0.39 is 10.8 Å². The van der Waals surface area contributed by atoms with E-state index in [2.05, 4.69) is 0 Å². The monoisotopic (exact) mass is 174 g/mol. The van der Waals surface area contributed by atoms with Gasteiger partial charge in [0.2, 0.25) is 0 Å². The molecule has 0 aromatic heterocycles. The van der Waals surface area contributed by atoms with E-state index in [-0.39, 0.29) is 0 Å². The second-order valence-electron chi connectivity index (χ2n) is 3.32. The minimum atomic E-state index is -0.582. The molecule has 0 bridgehead atoms. The Morgan fingerprint density at radius 1 is 1.27 bits per heavy atom. The Labute approximate surface area is 69.8 Å². The first-order valence-electron chi connectivity index (χ1n) is 4.37. The van der Waals surface area contributed by atoms with Crippen molar-refractivity contribution in [1.82, 2.24) is 0 Å². The van der Waals surface area contributed by atoms with Crippen LogP contribution >= 0.6 is 0 Å². The summed E-state index contributed by atoms with van der Waals surface area (Å²) in [5.74, 6) is 0.765. The molecule has 2 fully saturated rings. The van der Waals surface area contributed by atoms with Crippen LogP contribution in [0.5, 0.6) is 0 Å². The molecule has 2 aliphatic rings. The van der Waals surface area contributed by atoms with Crippen LogP contribution in [0.1, 0.15) is 25.7 Å². The molecule has 1 saturated heterocycles. The molecule has 2 nitrogen and oxygen atoms in total. The SMILES string of the molecule is O=S1CCO[C@H]2CCCC[C@@H]21. The van der Waals surface area contributed by atoms with Crippen LogP contribution in [0.4, 0.5) is 0 Å². The summed E-state index contributed by atoms with van der Waals surface area (Å²) in [6, 6.07) is 0. The molecule has 1 saturated carbocycles. The number of fused-ring (bicyclic) bond motifs is 1. The van der Waals surface area contributed by atoms with Gasteiger partial charge in [0.15, 0.2) is 0 Å². The van der Waals surface area contributed by atoms with E-state index in [4.69, 9.17) is 4.74 Å². The molecule has 3 heteroatoms. The van der Waals surface area contributed by atoms with Gasteiger partial charge >= 0.3 is 0 Å². The van der Waals surface area contributed by atoms with Crippen LogP contribution in [0.15, 0.2) is 0 Å². The Bertz CT molecular complexity index is 167. The predicted molar refractivity (Wildman–Crippen MR) is 45.0 cm³/mol. The van der Waals surface area contributed by atoms with Crippen LogP contribution in [-0.4, -0.2) is 27.9 Å². The Kier molecular flexibility index (Phi) is 2.28. The average Bonchev–Trinajstić information content (AvgIpc) is 2.06. The molecule has 0 radical (unpaired) electrons. The van der Waals surface area contributed by atoms with Crippen molar-refractivity contribution in [2.45, 2.75) is 37.0 Å². The predicted octanol–water partition coefficient (Wildman–Crippen LogP) is 1.08. The van der Waals surface area contributed by atoms with E-state index in [1.807, 2.05) is 0 Å². The first kappa shape index (κ1) is 7.74. The van der Waals surface area contributed by atoms with Gasteiger partial charge < -0.3 is 4.74 Å². The fourth-order valence-electron chi connectivity index (χ4n) is 1.99. The van der Waals surface area contributed by atoms with Gasteiger partial charge in [0, 0.05) is 16.6 Å². The molecule has 2 rings (SSSR count). The smallest absolute Gasteiger partial charge is 0.0718 e. The standard InChI is InChI=1S/C8H14O2S/c9-11-6-5-10-7-3-1-2-4-8(7)11/h7-8H,1-6H2/t7-,8-,11?/m0/s1. The number of rotatable bonds is 0. The molecule has 11 heavy (non-hydrogen) atoms. The topological polar surface area (TPSA) is 26.3 Å². The summed E-state index contributed by atoms with van der Waals surface area (Å²) in [7, 11) is -0.582. The van der Waals surface area contributed by atoms with Gasteiger partial charge in [0.05, 0.1) is 18.0 Å². The van der Waals surface area contributed by atoms with Gasteiger partial charge in [0.25, 0.3) is 0 Å². The Morgan fingerprint density at radius 2 is 2.09 bits per heavy atom. The Balaban J connectivity index is 2.05. The maximum atomic E-state index is 11.5. The summed E-state index contributed by atoms with van der Waals surface area (Å²) in [6.07, 6.45) is 5.10. The van der Waals surface area contributed by atoms with Crippen LogP contribution in [0.25, 0.3) is 0 Å². The van der Waals surface area contributed by atoms with Gasteiger partial charge in [-0.2, -0.15) is 0 Å². The summed E-state index contributed by atoms with van der Waals surface area (Å²) in [6.45, 7) is 0.716. The minimum absolute atomic E-state index is 0.332. The molecule has 1 aliphatic carbocycles. The lowest BCUT2D eigenvalue weighted by Gasteiger charge is -2.34. The summed E-state index contributed by atoms with van der Waals surface area (Å²) in [4.78, 5) is 0. The fraction of sp³-hybridized carbons (Fsp3) is 1.00. The average molecular weight is 174 g/mol. The van der Waals surface area contributed by atoms with Crippen LogP contribution < -0.4 is 0 Å². The lowest BCUT2D eigenvalue weighted by atomic mass is 9.97. The quantitative estimate of drug-likeness (QED) is 0.549. The molecule has 1 unspecified atom stereocenters. The van der Waals surface area contributed by atoms with Gasteiger partial charge in [0.1, 0.15) is 0 Å². The van der Waals surface area contributed by atoms with Crippen molar-refractivity contribution in [2.24, 2.45) is 0 Å².